The van der Waals surface area contributed by atoms with Crippen LogP contribution in [0.25, 0.3) is 0 Å². The summed E-state index contributed by atoms with van der Waals surface area (Å²) in [7, 11) is 0. The lowest BCUT2D eigenvalue weighted by atomic mass is 10.0. The van der Waals surface area contributed by atoms with Crippen LogP contribution in [0.1, 0.15) is 69.2 Å². The highest BCUT2D eigenvalue weighted by Gasteiger charge is 2.13. The minimum atomic E-state index is -0.555. The third-order valence-electron chi connectivity index (χ3n) is 3.36. The van der Waals surface area contributed by atoms with Crippen LogP contribution in [0.4, 0.5) is 8.78 Å². The van der Waals surface area contributed by atoms with Crippen molar-refractivity contribution in [3.05, 3.63) is 35.4 Å². The van der Waals surface area contributed by atoms with Gasteiger partial charge in [0.05, 0.1) is 5.38 Å². The van der Waals surface area contributed by atoms with E-state index in [1.54, 1.807) is 0 Å². The normalized spacial score (nSPS) is 12.6. The maximum absolute atomic E-state index is 13.5. The van der Waals surface area contributed by atoms with Gasteiger partial charge in [0.1, 0.15) is 11.6 Å². The molecule has 0 aromatic heterocycles. The van der Waals surface area contributed by atoms with Crippen LogP contribution in [0.5, 0.6) is 0 Å². The van der Waals surface area contributed by atoms with Crippen molar-refractivity contribution >= 4 is 11.6 Å². The van der Waals surface area contributed by atoms with Gasteiger partial charge >= 0.3 is 0 Å². The van der Waals surface area contributed by atoms with E-state index >= 15 is 0 Å². The standard InChI is InChI=1S/C16H23ClF2/c1-2-3-4-5-6-7-8-9-15(17)14-11-10-13(18)12-16(14)19/h10-12,15H,2-9H2,1H3. The zero-order chi connectivity index (χ0) is 14.1. The Hall–Kier alpha value is -0.630. The van der Waals surface area contributed by atoms with Crippen molar-refractivity contribution in [2.24, 2.45) is 0 Å². The molecule has 1 aromatic rings. The molecule has 0 nitrogen and oxygen atoms in total. The van der Waals surface area contributed by atoms with Crippen molar-refractivity contribution in [3.63, 3.8) is 0 Å². The molecule has 0 saturated carbocycles. The second-order valence-corrected chi connectivity index (χ2v) is 5.57. The van der Waals surface area contributed by atoms with Gasteiger partial charge in [-0.05, 0) is 12.5 Å². The molecule has 0 aliphatic carbocycles. The fourth-order valence-corrected chi connectivity index (χ4v) is 2.52. The van der Waals surface area contributed by atoms with Gasteiger partial charge in [0.15, 0.2) is 0 Å². The van der Waals surface area contributed by atoms with E-state index in [4.69, 9.17) is 11.6 Å². The van der Waals surface area contributed by atoms with Gasteiger partial charge in [-0.1, -0.05) is 57.9 Å². The first-order chi connectivity index (χ1) is 9.15. The van der Waals surface area contributed by atoms with Gasteiger partial charge in [-0.15, -0.1) is 11.6 Å². The molecule has 1 atom stereocenters. The minimum Gasteiger partial charge on any atom is -0.207 e. The minimum absolute atomic E-state index is 0.351. The number of hydrogen-bond donors (Lipinski definition) is 0. The smallest absolute Gasteiger partial charge is 0.130 e. The van der Waals surface area contributed by atoms with Crippen molar-refractivity contribution in [3.8, 4) is 0 Å². The largest absolute Gasteiger partial charge is 0.207 e. The first-order valence-corrected chi connectivity index (χ1v) is 7.67. The van der Waals surface area contributed by atoms with Crippen molar-refractivity contribution in [1.29, 1.82) is 0 Å². The van der Waals surface area contributed by atoms with Crippen molar-refractivity contribution < 1.29 is 8.78 Å². The molecule has 0 radical (unpaired) electrons. The second-order valence-electron chi connectivity index (χ2n) is 5.04. The Morgan fingerprint density at radius 3 is 2.26 bits per heavy atom. The van der Waals surface area contributed by atoms with Gasteiger partial charge < -0.3 is 0 Å². The molecule has 108 valence electrons. The predicted octanol–water partition coefficient (Wildman–Crippen LogP) is 6.39. The molecule has 0 spiro atoms. The van der Waals surface area contributed by atoms with Crippen LogP contribution in [0, 0.1) is 11.6 Å². The van der Waals surface area contributed by atoms with Crippen LogP contribution in [0.3, 0.4) is 0 Å². The SMILES string of the molecule is CCCCCCCCCC(Cl)c1ccc(F)cc1F. The highest BCUT2D eigenvalue weighted by molar-refractivity contribution is 6.20. The number of rotatable bonds is 9. The number of alkyl halides is 1. The lowest BCUT2D eigenvalue weighted by molar-refractivity contribution is 0.549. The highest BCUT2D eigenvalue weighted by atomic mass is 35.5. The summed E-state index contributed by atoms with van der Waals surface area (Å²) >= 11 is 6.16. The van der Waals surface area contributed by atoms with E-state index in [1.807, 2.05) is 0 Å². The number of unbranched alkanes of at least 4 members (excludes halogenated alkanes) is 6. The number of halogens is 3. The molecule has 0 N–H and O–H groups in total. The zero-order valence-electron chi connectivity index (χ0n) is 11.6. The van der Waals surface area contributed by atoms with Crippen LogP contribution in [0.15, 0.2) is 18.2 Å². The number of benzene rings is 1. The van der Waals surface area contributed by atoms with E-state index < -0.39 is 11.6 Å². The number of hydrogen-bond acceptors (Lipinski definition) is 0. The Labute approximate surface area is 120 Å². The quantitative estimate of drug-likeness (QED) is 0.365. The van der Waals surface area contributed by atoms with Gasteiger partial charge in [-0.3, -0.25) is 0 Å². The summed E-state index contributed by atoms with van der Waals surface area (Å²) < 4.78 is 26.3. The Balaban J connectivity index is 2.22. The molecular weight excluding hydrogens is 266 g/mol. The average molecular weight is 289 g/mol. The monoisotopic (exact) mass is 288 g/mol. The maximum atomic E-state index is 13.5. The van der Waals surface area contributed by atoms with Crippen molar-refractivity contribution in [1.82, 2.24) is 0 Å². The molecule has 3 heteroatoms. The van der Waals surface area contributed by atoms with E-state index in [9.17, 15) is 8.78 Å². The molecule has 0 heterocycles. The zero-order valence-corrected chi connectivity index (χ0v) is 12.4. The average Bonchev–Trinajstić information content (AvgIpc) is 2.37. The first-order valence-electron chi connectivity index (χ1n) is 7.24. The van der Waals surface area contributed by atoms with Crippen LogP contribution in [-0.4, -0.2) is 0 Å². The second kappa shape index (κ2) is 9.30. The van der Waals surface area contributed by atoms with Gasteiger partial charge in [0, 0.05) is 11.6 Å². The lowest BCUT2D eigenvalue weighted by Crippen LogP contribution is -1.96. The Morgan fingerprint density at radius 2 is 1.63 bits per heavy atom. The van der Waals surface area contributed by atoms with E-state index in [0.717, 1.165) is 25.3 Å². The van der Waals surface area contributed by atoms with Gasteiger partial charge in [-0.25, -0.2) is 8.78 Å². The molecule has 1 rings (SSSR count). The summed E-state index contributed by atoms with van der Waals surface area (Å²) in [5.74, 6) is -1.09. The molecule has 0 fully saturated rings. The topological polar surface area (TPSA) is 0 Å². The Kier molecular flexibility index (Phi) is 8.04. The molecule has 0 aliphatic rings. The van der Waals surface area contributed by atoms with Crippen LogP contribution < -0.4 is 0 Å². The Morgan fingerprint density at radius 1 is 1.00 bits per heavy atom. The van der Waals surface area contributed by atoms with E-state index in [2.05, 4.69) is 6.92 Å². The van der Waals surface area contributed by atoms with Gasteiger partial charge in [-0.2, -0.15) is 0 Å². The molecule has 0 saturated heterocycles. The van der Waals surface area contributed by atoms with E-state index in [0.29, 0.717) is 5.56 Å². The summed E-state index contributed by atoms with van der Waals surface area (Å²) in [6.45, 7) is 2.20. The Bertz CT molecular complexity index is 366. The van der Waals surface area contributed by atoms with E-state index in [1.165, 1.54) is 44.2 Å². The summed E-state index contributed by atoms with van der Waals surface area (Å²) in [4.78, 5) is 0. The molecular formula is C16H23ClF2. The maximum Gasteiger partial charge on any atom is 0.130 e. The summed E-state index contributed by atoms with van der Waals surface area (Å²) in [5, 5.41) is -0.351. The predicted molar refractivity (Wildman–Crippen MR) is 77.6 cm³/mol. The fraction of sp³-hybridized carbons (Fsp3) is 0.625. The van der Waals surface area contributed by atoms with Crippen LogP contribution >= 0.6 is 11.6 Å². The third kappa shape index (κ3) is 6.38. The summed E-state index contributed by atoms with van der Waals surface area (Å²) in [6.07, 6.45) is 9.23. The molecule has 19 heavy (non-hydrogen) atoms. The molecule has 0 amide bonds. The molecule has 0 aliphatic heterocycles. The fourth-order valence-electron chi connectivity index (χ4n) is 2.19. The van der Waals surface area contributed by atoms with Gasteiger partial charge in [0.25, 0.3) is 0 Å². The molecule has 0 bridgehead atoms. The van der Waals surface area contributed by atoms with E-state index in [-0.39, 0.29) is 5.38 Å². The summed E-state index contributed by atoms with van der Waals surface area (Å²) in [5.41, 5.74) is 0.411. The summed E-state index contributed by atoms with van der Waals surface area (Å²) in [6, 6.07) is 3.61. The molecule has 1 aromatic carbocycles. The van der Waals surface area contributed by atoms with Gasteiger partial charge in [0.2, 0.25) is 0 Å². The van der Waals surface area contributed by atoms with Crippen LogP contribution in [-0.2, 0) is 0 Å². The third-order valence-corrected chi connectivity index (χ3v) is 3.81. The van der Waals surface area contributed by atoms with Crippen molar-refractivity contribution in [2.75, 3.05) is 0 Å². The van der Waals surface area contributed by atoms with Crippen molar-refractivity contribution in [2.45, 2.75) is 63.7 Å². The first kappa shape index (κ1) is 16.4. The highest BCUT2D eigenvalue weighted by Crippen LogP contribution is 2.29. The molecule has 1 unspecified atom stereocenters. The lowest BCUT2D eigenvalue weighted by Gasteiger charge is -2.10. The van der Waals surface area contributed by atoms with Crippen LogP contribution in [0.2, 0.25) is 0 Å².